The van der Waals surface area contributed by atoms with Crippen LogP contribution in [0.25, 0.3) is 4.85 Å². The summed E-state index contributed by atoms with van der Waals surface area (Å²) in [5.74, 6) is -1.14. The minimum Gasteiger partial charge on any atom is 0 e. The molecule has 0 atom stereocenters. The molecule has 0 aromatic carbocycles. The van der Waals surface area contributed by atoms with Crippen molar-refractivity contribution in [2.24, 2.45) is 0 Å². The summed E-state index contributed by atoms with van der Waals surface area (Å²) >= 11 is 0. The van der Waals surface area contributed by atoms with Gasteiger partial charge in [0, 0.05) is 54.5 Å². The quantitative estimate of drug-likeness (QED) is 0.442. The second-order valence-corrected chi connectivity index (χ2v) is 3.62. The maximum Gasteiger partial charge on any atom is 0 e. The Kier molecular flexibility index (Phi) is 25.5. The fourth-order valence-corrected chi connectivity index (χ4v) is 1.88. The molecule has 3 heterocycles. The van der Waals surface area contributed by atoms with E-state index >= 15 is 0 Å². The summed E-state index contributed by atoms with van der Waals surface area (Å²) in [4.78, 5) is 15.8. The Bertz CT molecular complexity index is 754. The number of rotatable bonds is 3. The van der Waals surface area contributed by atoms with E-state index in [0.717, 1.165) is 0 Å². The second-order valence-electron chi connectivity index (χ2n) is 3.62. The van der Waals surface area contributed by atoms with E-state index in [-0.39, 0.29) is 17.4 Å². The molecular weight excluding hydrogens is 422 g/mol. The van der Waals surface area contributed by atoms with Crippen molar-refractivity contribution in [2.75, 3.05) is 0 Å². The molecule has 3 aromatic heterocycles. The molecule has 0 spiro atoms. The number of imidazole rings is 3. The first-order valence-corrected chi connectivity index (χ1v) is 6.24. The van der Waals surface area contributed by atoms with E-state index in [0.29, 0.717) is 0 Å². The summed E-state index contributed by atoms with van der Waals surface area (Å²) in [5.41, 5.74) is 0. The average molecular weight is 431 g/mol. The van der Waals surface area contributed by atoms with Crippen LogP contribution in [0.5, 0.6) is 0 Å². The van der Waals surface area contributed by atoms with Crippen LogP contribution in [-0.2, 0) is 46.5 Å². The first kappa shape index (κ1) is 33.0. The van der Waals surface area contributed by atoms with Gasteiger partial charge in [-0.1, -0.05) is 0 Å². The molecule has 12 nitrogen and oxygen atoms in total. The second kappa shape index (κ2) is 22.4. The van der Waals surface area contributed by atoms with Crippen LogP contribution in [0, 0.1) is 39.8 Å². The summed E-state index contributed by atoms with van der Waals surface area (Å²) in [6.07, 6.45) is 14.9. The molecule has 0 amide bonds. The molecule has 0 bridgehead atoms. The first-order valence-electron chi connectivity index (χ1n) is 6.24. The van der Waals surface area contributed by atoms with Gasteiger partial charge in [-0.3, -0.25) is 0 Å². The largest absolute Gasteiger partial charge is 0 e. The van der Waals surface area contributed by atoms with Gasteiger partial charge in [-0.25, -0.2) is 40.1 Å². The van der Waals surface area contributed by atoms with Crippen molar-refractivity contribution in [3.63, 3.8) is 0 Å². The molecule has 0 aliphatic heterocycles. The Labute approximate surface area is 176 Å². The van der Waals surface area contributed by atoms with Gasteiger partial charge in [0.15, 0.2) is 0 Å². The van der Waals surface area contributed by atoms with Crippen LogP contribution in [0.1, 0.15) is 0 Å². The van der Waals surface area contributed by atoms with Crippen molar-refractivity contribution in [3.8, 4) is 0 Å². The van der Waals surface area contributed by atoms with E-state index in [2.05, 4.69) is 53.0 Å². The van der Waals surface area contributed by atoms with Crippen molar-refractivity contribution < 1.29 is 40.6 Å². The van der Waals surface area contributed by atoms with Gasteiger partial charge in [-0.15, -0.1) is 0 Å². The fraction of sp³-hybridized carbons (Fsp3) is 0.0625. The molecule has 3 rings (SSSR count). The van der Waals surface area contributed by atoms with Crippen molar-refractivity contribution >= 4 is 0 Å². The smallest absolute Gasteiger partial charge is 0 e. The Hall–Kier alpha value is -3.65. The third-order valence-corrected chi connectivity index (χ3v) is 2.70. The molecule has 0 saturated heterocycles. The topological polar surface area (TPSA) is 157 Å². The van der Waals surface area contributed by atoms with Gasteiger partial charge in [0.25, 0.3) is 0 Å². The molecule has 0 unspecified atom stereocenters. The maximum atomic E-state index is 7.62. The third kappa shape index (κ3) is 8.27. The van der Waals surface area contributed by atoms with Gasteiger partial charge in [-0.2, -0.15) is 0 Å². The Morgan fingerprint density at radius 2 is 0.828 bits per heavy atom. The van der Waals surface area contributed by atoms with Gasteiger partial charge in [-0.05, 0) is 0 Å². The van der Waals surface area contributed by atoms with Crippen LogP contribution in [0.15, 0.2) is 56.2 Å². The van der Waals surface area contributed by atoms with Crippen LogP contribution in [0.4, 0.5) is 0 Å². The van der Waals surface area contributed by atoms with Gasteiger partial charge in [0.05, 0.1) is 0 Å². The van der Waals surface area contributed by atoms with Crippen LogP contribution < -0.4 is 0 Å². The van der Waals surface area contributed by atoms with Crippen LogP contribution in [0.2, 0.25) is 0 Å². The number of aromatic nitrogens is 6. The molecule has 3 aromatic rings. The zero-order valence-electron chi connectivity index (χ0n) is 14.3. The van der Waals surface area contributed by atoms with Crippen molar-refractivity contribution in [1.29, 1.82) is 0 Å². The predicted molar refractivity (Wildman–Crippen MR) is 81.7 cm³/mol. The summed E-state index contributed by atoms with van der Waals surface area (Å²) in [6, 6.07) is 0. The van der Waals surface area contributed by atoms with Gasteiger partial charge < -0.3 is 0 Å². The van der Waals surface area contributed by atoms with Gasteiger partial charge >= 0.3 is 62.4 Å². The van der Waals surface area contributed by atoms with Gasteiger partial charge in [0.2, 0.25) is 0 Å². The molecular formula is C16H9CrN7O5. The Morgan fingerprint density at radius 1 is 0.586 bits per heavy atom. The van der Waals surface area contributed by atoms with Crippen molar-refractivity contribution in [2.45, 2.75) is 5.91 Å². The summed E-state index contributed by atoms with van der Waals surface area (Å²) in [5, 5.41) is 0. The zero-order chi connectivity index (χ0) is 22.4. The molecule has 0 aliphatic carbocycles. The molecule has 0 saturated carbocycles. The first-order chi connectivity index (χ1) is 13.9. The molecule has 0 radical (unpaired) electrons. The van der Waals surface area contributed by atoms with E-state index in [1.165, 1.54) is 0 Å². The SMILES string of the molecule is [C-]#[N+]C(n1ccnc1)(n1ccnc1)n1ccnc1.[C-]#[O+].[C-]#[O+].[C-]#[O+].[C-]#[O+].[C-]#[O+].[Cr]. The maximum absolute atomic E-state index is 7.62. The summed E-state index contributed by atoms with van der Waals surface area (Å²) < 4.78 is 42.6. The monoisotopic (exact) mass is 431 g/mol. The minimum absolute atomic E-state index is 0. The van der Waals surface area contributed by atoms with E-state index in [4.69, 9.17) is 29.8 Å². The van der Waals surface area contributed by atoms with Crippen LogP contribution in [0.3, 0.4) is 0 Å². The Morgan fingerprint density at radius 3 is 0.966 bits per heavy atom. The molecule has 144 valence electrons. The van der Waals surface area contributed by atoms with E-state index < -0.39 is 5.91 Å². The standard InChI is InChI=1S/C11H9N7.5CO.Cr/c1-12-11(16-5-2-13-8-16,17-6-3-14-9-17)18-7-4-15-10-18;5*1-2;/h2-10H;;;;;;. The Balaban J connectivity index is -0.000000250. The number of hydrogen-bond acceptors (Lipinski definition) is 3. The number of nitrogens with zero attached hydrogens (tertiary/aromatic N) is 7. The third-order valence-electron chi connectivity index (χ3n) is 2.70. The van der Waals surface area contributed by atoms with Crippen molar-refractivity contribution in [1.82, 2.24) is 28.7 Å². The van der Waals surface area contributed by atoms with Crippen LogP contribution >= 0.6 is 0 Å². The summed E-state index contributed by atoms with van der Waals surface area (Å²) in [6.45, 7) is 30.1. The predicted octanol–water partition coefficient (Wildman–Crippen LogP) is 0.670. The average Bonchev–Trinajstić information content (AvgIpc) is 3.61. The molecule has 0 aliphatic rings. The van der Waals surface area contributed by atoms with Crippen molar-refractivity contribution in [3.05, 3.63) is 101 Å². The van der Waals surface area contributed by atoms with E-state index in [1.54, 1.807) is 69.9 Å². The molecule has 13 heteroatoms. The van der Waals surface area contributed by atoms with Gasteiger partial charge in [0.1, 0.15) is 19.0 Å². The minimum atomic E-state index is -1.14. The van der Waals surface area contributed by atoms with E-state index in [1.807, 2.05) is 0 Å². The van der Waals surface area contributed by atoms with Crippen LogP contribution in [-0.4, -0.2) is 28.7 Å². The normalized spacial score (nSPS) is 7.34. The molecule has 0 fully saturated rings. The number of hydrogen-bond donors (Lipinski definition) is 0. The zero-order valence-corrected chi connectivity index (χ0v) is 15.6. The molecule has 0 N–H and O–H groups in total. The van der Waals surface area contributed by atoms with E-state index in [9.17, 15) is 0 Å². The molecule has 29 heavy (non-hydrogen) atoms. The summed E-state index contributed by atoms with van der Waals surface area (Å²) in [7, 11) is 0. The fourth-order valence-electron chi connectivity index (χ4n) is 1.88.